The lowest BCUT2D eigenvalue weighted by atomic mass is 9.81. The molecule has 1 aliphatic carbocycles. The van der Waals surface area contributed by atoms with E-state index < -0.39 is 11.7 Å². The Bertz CT molecular complexity index is 1200. The summed E-state index contributed by atoms with van der Waals surface area (Å²) in [7, 11) is 0. The number of hydrogen-bond acceptors (Lipinski definition) is 6. The van der Waals surface area contributed by atoms with Crippen molar-refractivity contribution in [2.45, 2.75) is 125 Å². The minimum Gasteiger partial charge on any atom is -0.464 e. The van der Waals surface area contributed by atoms with Crippen LogP contribution in [0.5, 0.6) is 0 Å². The fourth-order valence-electron chi connectivity index (χ4n) is 6.77. The second-order valence-corrected chi connectivity index (χ2v) is 14.6. The van der Waals surface area contributed by atoms with Crippen LogP contribution in [-0.4, -0.2) is 42.8 Å². The minimum absolute atomic E-state index is 0.294. The van der Waals surface area contributed by atoms with Crippen molar-refractivity contribution in [3.05, 3.63) is 46.8 Å². The van der Waals surface area contributed by atoms with E-state index in [1.54, 1.807) is 0 Å². The molecule has 6 nitrogen and oxygen atoms in total. The Morgan fingerprint density at radius 2 is 1.70 bits per heavy atom. The van der Waals surface area contributed by atoms with Crippen LogP contribution in [0.2, 0.25) is 0 Å². The first-order chi connectivity index (χ1) is 20.4. The van der Waals surface area contributed by atoms with Crippen molar-refractivity contribution >= 4 is 11.7 Å². The molecule has 1 aromatic heterocycles. The minimum atomic E-state index is -0.857. The van der Waals surface area contributed by atoms with Crippen LogP contribution in [0.1, 0.15) is 122 Å². The van der Waals surface area contributed by atoms with Crippen molar-refractivity contribution in [3.8, 4) is 11.1 Å². The summed E-state index contributed by atoms with van der Waals surface area (Å²) in [6.07, 6.45) is 9.62. The van der Waals surface area contributed by atoms with E-state index in [1.807, 2.05) is 34.6 Å². The molecule has 4 rings (SSSR count). The van der Waals surface area contributed by atoms with E-state index in [2.05, 4.69) is 55.3 Å². The molecule has 0 radical (unpaired) electrons. The molecule has 2 fully saturated rings. The van der Waals surface area contributed by atoms with Gasteiger partial charge in [0.2, 0.25) is 0 Å². The number of esters is 1. The lowest BCUT2D eigenvalue weighted by molar-refractivity contribution is -0.166. The summed E-state index contributed by atoms with van der Waals surface area (Å²) in [6.45, 7) is 20.7. The highest BCUT2D eigenvalue weighted by Crippen LogP contribution is 2.45. The van der Waals surface area contributed by atoms with E-state index in [0.29, 0.717) is 12.0 Å². The summed E-state index contributed by atoms with van der Waals surface area (Å²) in [5.74, 6) is 0.541. The van der Waals surface area contributed by atoms with Crippen LogP contribution >= 0.6 is 0 Å². The number of carbonyl (C=O) groups is 1. The third-order valence-corrected chi connectivity index (χ3v) is 9.27. The number of pyridine rings is 1. The number of ether oxygens (including phenoxy) is 2. The number of benzene rings is 1. The quantitative estimate of drug-likeness (QED) is 0.209. The maximum Gasteiger partial charge on any atom is 0.340 e. The maximum atomic E-state index is 13.5. The fraction of sp³-hybridized carbons (Fsp3) is 0.676. The lowest BCUT2D eigenvalue weighted by Gasteiger charge is -2.41. The van der Waals surface area contributed by atoms with Crippen LogP contribution in [-0.2, 0) is 20.8 Å². The highest BCUT2D eigenvalue weighted by molar-refractivity contribution is 5.88. The van der Waals surface area contributed by atoms with Crippen molar-refractivity contribution < 1.29 is 14.3 Å². The molecule has 2 aliphatic rings. The Kier molecular flexibility index (Phi) is 11.3. The predicted octanol–water partition coefficient (Wildman–Crippen LogP) is 8.47. The molecule has 2 aromatic rings. The molecule has 1 atom stereocenters. The van der Waals surface area contributed by atoms with Crippen molar-refractivity contribution in [2.24, 2.45) is 11.3 Å². The van der Waals surface area contributed by atoms with Crippen LogP contribution in [0.15, 0.2) is 24.3 Å². The van der Waals surface area contributed by atoms with Crippen molar-refractivity contribution in [1.82, 2.24) is 10.3 Å². The normalized spacial score (nSPS) is 18.5. The highest BCUT2D eigenvalue weighted by Gasteiger charge is 2.37. The van der Waals surface area contributed by atoms with E-state index in [9.17, 15) is 4.79 Å². The number of piperidine rings is 1. The maximum absolute atomic E-state index is 13.5. The fourth-order valence-corrected chi connectivity index (χ4v) is 6.77. The monoisotopic (exact) mass is 591 g/mol. The average molecular weight is 592 g/mol. The van der Waals surface area contributed by atoms with Crippen molar-refractivity contribution in [2.75, 3.05) is 31.1 Å². The molecule has 0 amide bonds. The third-order valence-electron chi connectivity index (χ3n) is 9.27. The Balaban J connectivity index is 1.68. The Morgan fingerprint density at radius 1 is 1.05 bits per heavy atom. The Morgan fingerprint density at radius 3 is 2.30 bits per heavy atom. The lowest BCUT2D eigenvalue weighted by Crippen LogP contribution is -2.39. The van der Waals surface area contributed by atoms with Gasteiger partial charge in [-0.1, -0.05) is 70.2 Å². The van der Waals surface area contributed by atoms with Gasteiger partial charge < -0.3 is 19.7 Å². The third kappa shape index (κ3) is 9.04. The molecule has 1 aromatic carbocycles. The number of aromatic nitrogens is 1. The van der Waals surface area contributed by atoms with Gasteiger partial charge in [-0.15, -0.1) is 0 Å². The second-order valence-electron chi connectivity index (χ2n) is 14.6. The highest BCUT2D eigenvalue weighted by atomic mass is 16.6. The first-order valence-electron chi connectivity index (χ1n) is 16.8. The number of rotatable bonds is 11. The zero-order valence-electron chi connectivity index (χ0n) is 28.3. The average Bonchev–Trinajstić information content (AvgIpc) is 2.95. The van der Waals surface area contributed by atoms with Crippen molar-refractivity contribution in [3.63, 3.8) is 0 Å². The summed E-state index contributed by atoms with van der Waals surface area (Å²) >= 11 is 0. The molecule has 1 aliphatic heterocycles. The van der Waals surface area contributed by atoms with E-state index in [0.717, 1.165) is 78.7 Å². The summed E-state index contributed by atoms with van der Waals surface area (Å²) in [4.78, 5) is 21.0. The molecule has 43 heavy (non-hydrogen) atoms. The smallest absolute Gasteiger partial charge is 0.340 e. The Hall–Kier alpha value is -2.44. The van der Waals surface area contributed by atoms with E-state index in [-0.39, 0.29) is 5.97 Å². The molecular weight excluding hydrogens is 534 g/mol. The topological polar surface area (TPSA) is 63.7 Å². The molecular formula is C37H57N3O3. The van der Waals surface area contributed by atoms with E-state index >= 15 is 0 Å². The molecule has 6 heteroatoms. The summed E-state index contributed by atoms with van der Waals surface area (Å²) < 4.78 is 12.1. The van der Waals surface area contributed by atoms with Gasteiger partial charge >= 0.3 is 5.97 Å². The largest absolute Gasteiger partial charge is 0.464 e. The number of nitrogens with zero attached hydrogens (tertiary/aromatic N) is 2. The number of carbonyl (C=O) groups excluding carboxylic acids is 1. The van der Waals surface area contributed by atoms with Gasteiger partial charge in [0.15, 0.2) is 6.10 Å². The molecule has 0 spiro atoms. The van der Waals surface area contributed by atoms with Gasteiger partial charge in [0, 0.05) is 42.1 Å². The van der Waals surface area contributed by atoms with Crippen LogP contribution in [0.25, 0.3) is 11.1 Å². The van der Waals surface area contributed by atoms with Gasteiger partial charge in [0.1, 0.15) is 0 Å². The Labute approximate surface area is 261 Å². The van der Waals surface area contributed by atoms with Gasteiger partial charge in [-0.05, 0) is 89.8 Å². The zero-order valence-corrected chi connectivity index (χ0v) is 28.3. The molecule has 0 unspecified atom stereocenters. The number of anilines is 1. The number of aryl methyl sites for hydroxylation is 2. The molecule has 0 bridgehead atoms. The zero-order chi connectivity index (χ0) is 31.2. The van der Waals surface area contributed by atoms with Crippen LogP contribution in [0.4, 0.5) is 5.69 Å². The standard InChI is InChI=1S/C37H57N3O3/c1-9-42-35(41)34(43-36(4,5)6)32-27(3)39-26(2)31(33(32)40-23-20-37(7,8)21-24-40)30-17-15-29(16-18-30)25-38-22-19-28-13-11-10-12-14-28/h15-18,28,34,38H,9-14,19-25H2,1-8H3/t34-/m0/s1. The van der Waals surface area contributed by atoms with Crippen LogP contribution < -0.4 is 10.2 Å². The first kappa shape index (κ1) is 33.5. The molecule has 2 heterocycles. The summed E-state index contributed by atoms with van der Waals surface area (Å²) in [5, 5.41) is 3.68. The van der Waals surface area contributed by atoms with Gasteiger partial charge in [0.05, 0.1) is 17.9 Å². The second kappa shape index (κ2) is 14.6. The molecule has 1 saturated heterocycles. The van der Waals surface area contributed by atoms with E-state index in [4.69, 9.17) is 14.5 Å². The van der Waals surface area contributed by atoms with E-state index in [1.165, 1.54) is 44.1 Å². The van der Waals surface area contributed by atoms with Crippen LogP contribution in [0.3, 0.4) is 0 Å². The first-order valence-corrected chi connectivity index (χ1v) is 16.8. The van der Waals surface area contributed by atoms with Gasteiger partial charge in [-0.2, -0.15) is 0 Å². The van der Waals surface area contributed by atoms with Gasteiger partial charge in [0.25, 0.3) is 0 Å². The van der Waals surface area contributed by atoms with Gasteiger partial charge in [-0.3, -0.25) is 4.98 Å². The molecule has 1 N–H and O–H groups in total. The molecule has 1 saturated carbocycles. The summed E-state index contributed by atoms with van der Waals surface area (Å²) in [5.41, 5.74) is 6.94. The number of nitrogens with one attached hydrogen (secondary N) is 1. The van der Waals surface area contributed by atoms with Crippen molar-refractivity contribution in [1.29, 1.82) is 0 Å². The van der Waals surface area contributed by atoms with Crippen LogP contribution in [0, 0.1) is 25.2 Å². The number of hydrogen-bond donors (Lipinski definition) is 1. The SMILES string of the molecule is CCOC(=O)[C@@H](OC(C)(C)C)c1c(C)nc(C)c(-c2ccc(CNCCC3CCCCC3)cc2)c1N1CCC(C)(C)CC1. The van der Waals surface area contributed by atoms with Gasteiger partial charge in [-0.25, -0.2) is 4.79 Å². The molecule has 238 valence electrons. The predicted molar refractivity (Wildman–Crippen MR) is 177 cm³/mol. The summed E-state index contributed by atoms with van der Waals surface area (Å²) in [6, 6.07) is 8.92.